The number of unbranched alkanes of at least 4 members (excludes halogenated alkanes) is 1. The molecular formula is C28H30F3N5. The van der Waals surface area contributed by atoms with Crippen LogP contribution in [-0.4, -0.2) is 40.0 Å². The van der Waals surface area contributed by atoms with Gasteiger partial charge in [-0.1, -0.05) is 49.7 Å². The number of alkyl halides is 3. The van der Waals surface area contributed by atoms with Crippen molar-refractivity contribution >= 4 is 16.7 Å². The molecule has 0 radical (unpaired) electrons. The molecule has 0 unspecified atom stereocenters. The van der Waals surface area contributed by atoms with E-state index in [4.69, 9.17) is 9.97 Å². The van der Waals surface area contributed by atoms with Crippen molar-refractivity contribution in [1.29, 1.82) is 0 Å². The molecule has 0 amide bonds. The molecule has 0 aliphatic rings. The Morgan fingerprint density at radius 3 is 2.53 bits per heavy atom. The molecular weight excluding hydrogens is 463 g/mol. The zero-order valence-corrected chi connectivity index (χ0v) is 20.5. The highest BCUT2D eigenvalue weighted by Gasteiger charge is 2.34. The van der Waals surface area contributed by atoms with Gasteiger partial charge < -0.3 is 5.32 Å². The van der Waals surface area contributed by atoms with Gasteiger partial charge in [-0.3, -0.25) is 9.88 Å². The summed E-state index contributed by atoms with van der Waals surface area (Å²) in [6.45, 7) is 4.27. The molecule has 8 heteroatoms. The minimum Gasteiger partial charge on any atom is -0.369 e. The van der Waals surface area contributed by atoms with Gasteiger partial charge in [0.05, 0.1) is 23.3 Å². The number of anilines is 1. The Kier molecular flexibility index (Phi) is 8.15. The fourth-order valence-electron chi connectivity index (χ4n) is 4.11. The van der Waals surface area contributed by atoms with Crippen molar-refractivity contribution in [2.24, 2.45) is 0 Å². The molecule has 188 valence electrons. The molecule has 2 aromatic carbocycles. The zero-order chi connectivity index (χ0) is 25.5. The molecule has 0 aliphatic carbocycles. The van der Waals surface area contributed by atoms with Crippen molar-refractivity contribution in [2.75, 3.05) is 25.5 Å². The van der Waals surface area contributed by atoms with E-state index in [0.717, 1.165) is 37.3 Å². The topological polar surface area (TPSA) is 53.9 Å². The average Bonchev–Trinajstić information content (AvgIpc) is 2.87. The maximum absolute atomic E-state index is 13.6. The summed E-state index contributed by atoms with van der Waals surface area (Å²) in [5.41, 5.74) is 1.29. The second kappa shape index (κ2) is 11.5. The van der Waals surface area contributed by atoms with Crippen LogP contribution in [0.15, 0.2) is 66.9 Å². The molecule has 0 saturated carbocycles. The Morgan fingerprint density at radius 2 is 1.78 bits per heavy atom. The Balaban J connectivity index is 1.69. The van der Waals surface area contributed by atoms with E-state index in [2.05, 4.69) is 34.3 Å². The van der Waals surface area contributed by atoms with Crippen LogP contribution in [-0.2, 0) is 19.1 Å². The standard InChI is InChI=1S/C28H30F3N5/c1-3-4-17-36(2)19-25-34-24-18-21(26-23(28(29,30)31)11-8-15-32-26)12-13-22(24)27(35-25)33-16-14-20-9-6-5-7-10-20/h5-13,15,18H,3-4,14,16-17,19H2,1-2H3,(H,33,34,35). The van der Waals surface area contributed by atoms with E-state index in [1.165, 1.54) is 17.8 Å². The van der Waals surface area contributed by atoms with Crippen LogP contribution in [0.3, 0.4) is 0 Å². The minimum absolute atomic E-state index is 0.106. The minimum atomic E-state index is -4.50. The Morgan fingerprint density at radius 1 is 0.972 bits per heavy atom. The quantitative estimate of drug-likeness (QED) is 0.270. The zero-order valence-electron chi connectivity index (χ0n) is 20.5. The smallest absolute Gasteiger partial charge is 0.369 e. The van der Waals surface area contributed by atoms with Gasteiger partial charge in [-0.25, -0.2) is 9.97 Å². The number of rotatable bonds is 10. The predicted molar refractivity (Wildman–Crippen MR) is 138 cm³/mol. The normalized spacial score (nSPS) is 11.8. The third kappa shape index (κ3) is 6.37. The maximum atomic E-state index is 13.6. The van der Waals surface area contributed by atoms with Gasteiger partial charge in [-0.05, 0) is 56.3 Å². The molecule has 0 spiro atoms. The van der Waals surface area contributed by atoms with Gasteiger partial charge >= 0.3 is 6.18 Å². The molecule has 0 saturated heterocycles. The molecule has 36 heavy (non-hydrogen) atoms. The summed E-state index contributed by atoms with van der Waals surface area (Å²) in [6.07, 6.45) is -0.152. The maximum Gasteiger partial charge on any atom is 0.418 e. The van der Waals surface area contributed by atoms with Crippen molar-refractivity contribution in [3.05, 3.63) is 83.8 Å². The van der Waals surface area contributed by atoms with E-state index in [0.29, 0.717) is 35.8 Å². The van der Waals surface area contributed by atoms with Crippen LogP contribution in [0.25, 0.3) is 22.2 Å². The molecule has 2 aromatic heterocycles. The van der Waals surface area contributed by atoms with Crippen molar-refractivity contribution in [2.45, 2.75) is 38.9 Å². The van der Waals surface area contributed by atoms with Crippen LogP contribution in [0.2, 0.25) is 0 Å². The summed E-state index contributed by atoms with van der Waals surface area (Å²) in [7, 11) is 2.02. The van der Waals surface area contributed by atoms with E-state index in [-0.39, 0.29) is 5.69 Å². The summed E-state index contributed by atoms with van der Waals surface area (Å²) in [5, 5.41) is 4.18. The molecule has 0 aliphatic heterocycles. The van der Waals surface area contributed by atoms with E-state index < -0.39 is 11.7 Å². The highest BCUT2D eigenvalue weighted by Crippen LogP contribution is 2.36. The number of hydrogen-bond donors (Lipinski definition) is 1. The number of aromatic nitrogens is 3. The lowest BCUT2D eigenvalue weighted by Gasteiger charge is -2.17. The fraction of sp³-hybridized carbons (Fsp3) is 0.321. The number of fused-ring (bicyclic) bond motifs is 1. The second-order valence-corrected chi connectivity index (χ2v) is 8.87. The number of benzene rings is 2. The number of pyridine rings is 1. The third-order valence-corrected chi connectivity index (χ3v) is 5.98. The highest BCUT2D eigenvalue weighted by molar-refractivity contribution is 5.92. The molecule has 5 nitrogen and oxygen atoms in total. The summed E-state index contributed by atoms with van der Waals surface area (Å²) in [4.78, 5) is 15.7. The number of hydrogen-bond acceptors (Lipinski definition) is 5. The van der Waals surface area contributed by atoms with Gasteiger partial charge in [0.2, 0.25) is 0 Å². The summed E-state index contributed by atoms with van der Waals surface area (Å²) < 4.78 is 40.9. The molecule has 4 aromatic rings. The largest absolute Gasteiger partial charge is 0.418 e. The molecule has 0 fully saturated rings. The first-order chi connectivity index (χ1) is 17.3. The van der Waals surface area contributed by atoms with Gasteiger partial charge in [0.1, 0.15) is 11.6 Å². The Labute approximate surface area is 209 Å². The van der Waals surface area contributed by atoms with Crippen molar-refractivity contribution in [3.63, 3.8) is 0 Å². The van der Waals surface area contributed by atoms with Gasteiger partial charge in [-0.15, -0.1) is 0 Å². The predicted octanol–water partition coefficient (Wildman–Crippen LogP) is 6.60. The van der Waals surface area contributed by atoms with E-state index in [1.54, 1.807) is 18.2 Å². The van der Waals surface area contributed by atoms with E-state index in [1.807, 2.05) is 25.2 Å². The lowest BCUT2D eigenvalue weighted by atomic mass is 10.0. The van der Waals surface area contributed by atoms with Gasteiger partial charge in [0.25, 0.3) is 0 Å². The third-order valence-electron chi connectivity index (χ3n) is 5.98. The average molecular weight is 494 g/mol. The number of halogens is 3. The van der Waals surface area contributed by atoms with Gasteiger partial charge in [0, 0.05) is 23.7 Å². The first kappa shape index (κ1) is 25.6. The molecule has 2 heterocycles. The lowest BCUT2D eigenvalue weighted by molar-refractivity contribution is -0.137. The SMILES string of the molecule is CCCCN(C)Cc1nc(NCCc2ccccc2)c2ccc(-c3ncccc3C(F)(F)F)cc2n1. The van der Waals surface area contributed by atoms with Crippen LogP contribution in [0, 0.1) is 0 Å². The molecule has 1 N–H and O–H groups in total. The molecule has 4 rings (SSSR count). The first-order valence-electron chi connectivity index (χ1n) is 12.1. The summed E-state index contributed by atoms with van der Waals surface area (Å²) >= 11 is 0. The Hall–Kier alpha value is -3.52. The van der Waals surface area contributed by atoms with Crippen molar-refractivity contribution in [1.82, 2.24) is 19.9 Å². The summed E-state index contributed by atoms with van der Waals surface area (Å²) in [5.74, 6) is 1.30. The van der Waals surface area contributed by atoms with Crippen molar-refractivity contribution in [3.8, 4) is 11.3 Å². The van der Waals surface area contributed by atoms with Crippen LogP contribution < -0.4 is 5.32 Å². The van der Waals surface area contributed by atoms with Crippen LogP contribution in [0.5, 0.6) is 0 Å². The van der Waals surface area contributed by atoms with E-state index >= 15 is 0 Å². The van der Waals surface area contributed by atoms with Crippen LogP contribution >= 0.6 is 0 Å². The first-order valence-corrected chi connectivity index (χ1v) is 12.1. The number of nitrogens with zero attached hydrogens (tertiary/aromatic N) is 4. The number of nitrogens with one attached hydrogen (secondary N) is 1. The van der Waals surface area contributed by atoms with E-state index in [9.17, 15) is 13.2 Å². The molecule has 0 bridgehead atoms. The second-order valence-electron chi connectivity index (χ2n) is 8.87. The monoisotopic (exact) mass is 493 g/mol. The van der Waals surface area contributed by atoms with Crippen molar-refractivity contribution < 1.29 is 13.2 Å². The lowest BCUT2D eigenvalue weighted by Crippen LogP contribution is -2.21. The fourth-order valence-corrected chi connectivity index (χ4v) is 4.11. The van der Waals surface area contributed by atoms with Crippen LogP contribution in [0.4, 0.5) is 19.0 Å². The highest BCUT2D eigenvalue weighted by atomic mass is 19.4. The van der Waals surface area contributed by atoms with Crippen LogP contribution in [0.1, 0.15) is 36.7 Å². The summed E-state index contributed by atoms with van der Waals surface area (Å²) in [6, 6.07) is 17.6. The van der Waals surface area contributed by atoms with Gasteiger partial charge in [0.15, 0.2) is 0 Å². The molecule has 0 atom stereocenters. The van der Waals surface area contributed by atoms with Gasteiger partial charge in [-0.2, -0.15) is 13.2 Å². The Bertz CT molecular complexity index is 1290.